The smallest absolute Gasteiger partial charge is 0.144 e. The molecule has 0 radical (unpaired) electrons. The fourth-order valence-corrected chi connectivity index (χ4v) is 3.04. The molecule has 0 saturated heterocycles. The van der Waals surface area contributed by atoms with Crippen molar-refractivity contribution in [2.45, 2.75) is 13.8 Å². The molecule has 0 aliphatic carbocycles. The van der Waals surface area contributed by atoms with E-state index in [9.17, 15) is 0 Å². The number of methoxy groups -OCH3 is 1. The van der Waals surface area contributed by atoms with Crippen molar-refractivity contribution in [3.05, 3.63) is 59.9 Å². The molecule has 4 nitrogen and oxygen atoms in total. The maximum absolute atomic E-state index is 5.54. The molecular weight excluding hydrogens is 310 g/mol. The zero-order valence-electron chi connectivity index (χ0n) is 14.6. The highest BCUT2D eigenvalue weighted by molar-refractivity contribution is 6.00. The van der Waals surface area contributed by atoms with Crippen molar-refractivity contribution in [3.8, 4) is 17.1 Å². The first-order valence-electron chi connectivity index (χ1n) is 8.47. The van der Waals surface area contributed by atoms with Gasteiger partial charge in [0.1, 0.15) is 5.75 Å². The van der Waals surface area contributed by atoms with Crippen LogP contribution in [-0.4, -0.2) is 22.8 Å². The highest BCUT2D eigenvalue weighted by atomic mass is 16.5. The Morgan fingerprint density at radius 2 is 1.84 bits per heavy atom. The number of nitrogens with zero attached hydrogens (tertiary/aromatic N) is 1. The fourth-order valence-electron chi connectivity index (χ4n) is 3.04. The van der Waals surface area contributed by atoms with Gasteiger partial charge in [-0.2, -0.15) is 0 Å². The Bertz CT molecular complexity index is 982. The Morgan fingerprint density at radius 1 is 1.04 bits per heavy atom. The molecule has 0 bridgehead atoms. The van der Waals surface area contributed by atoms with Gasteiger partial charge in [-0.3, -0.25) is 4.99 Å². The average Bonchev–Trinajstić information content (AvgIpc) is 3.32. The van der Waals surface area contributed by atoms with Crippen LogP contribution in [0.2, 0.25) is 0 Å². The van der Waals surface area contributed by atoms with Gasteiger partial charge in [-0.25, -0.2) is 0 Å². The summed E-state index contributed by atoms with van der Waals surface area (Å²) in [6.07, 6.45) is 6.14. The van der Waals surface area contributed by atoms with Crippen LogP contribution < -0.4 is 4.74 Å². The number of hydrogen-bond donors (Lipinski definition) is 2. The molecule has 126 valence electrons. The summed E-state index contributed by atoms with van der Waals surface area (Å²) >= 11 is 0. The maximum atomic E-state index is 5.54. The minimum Gasteiger partial charge on any atom is -0.494 e. The number of rotatable bonds is 4. The van der Waals surface area contributed by atoms with Crippen molar-refractivity contribution < 1.29 is 4.74 Å². The van der Waals surface area contributed by atoms with Crippen LogP contribution in [0.4, 0.5) is 0 Å². The first kappa shape index (κ1) is 15.5. The van der Waals surface area contributed by atoms with Crippen LogP contribution in [0.3, 0.4) is 0 Å². The lowest BCUT2D eigenvalue weighted by Crippen LogP contribution is -2.00. The Labute approximate surface area is 146 Å². The van der Waals surface area contributed by atoms with Crippen LogP contribution >= 0.6 is 0 Å². The molecule has 2 N–H and O–H groups in total. The second-order valence-electron chi connectivity index (χ2n) is 6.53. The molecule has 2 aromatic heterocycles. The van der Waals surface area contributed by atoms with Crippen LogP contribution in [0, 0.1) is 5.92 Å². The number of benzene rings is 1. The van der Waals surface area contributed by atoms with Gasteiger partial charge in [-0.05, 0) is 36.3 Å². The van der Waals surface area contributed by atoms with Gasteiger partial charge in [0, 0.05) is 22.7 Å². The molecule has 25 heavy (non-hydrogen) atoms. The number of nitrogens with one attached hydrogen (secondary N) is 2. The number of aliphatic imine (C=N–C) groups is 1. The number of para-hydroxylation sites is 1. The number of H-pyrrole nitrogens is 2. The molecule has 3 aromatic rings. The summed E-state index contributed by atoms with van der Waals surface area (Å²) in [5.41, 5.74) is 6.12. The summed E-state index contributed by atoms with van der Waals surface area (Å²) < 4.78 is 5.54. The summed E-state index contributed by atoms with van der Waals surface area (Å²) in [6.45, 7) is 4.30. The van der Waals surface area contributed by atoms with Crippen molar-refractivity contribution in [1.82, 2.24) is 9.97 Å². The van der Waals surface area contributed by atoms with E-state index in [1.807, 2.05) is 30.4 Å². The van der Waals surface area contributed by atoms with Crippen LogP contribution in [0.25, 0.3) is 28.4 Å². The van der Waals surface area contributed by atoms with E-state index in [4.69, 9.17) is 4.74 Å². The minimum absolute atomic E-state index is 0.426. The first-order valence-corrected chi connectivity index (χ1v) is 8.47. The van der Waals surface area contributed by atoms with Gasteiger partial charge in [0.2, 0.25) is 0 Å². The van der Waals surface area contributed by atoms with Crippen LogP contribution in [-0.2, 0) is 0 Å². The Balaban J connectivity index is 1.72. The third-order valence-corrected chi connectivity index (χ3v) is 4.42. The summed E-state index contributed by atoms with van der Waals surface area (Å²) in [5.74, 6) is 1.23. The van der Waals surface area contributed by atoms with Crippen LogP contribution in [0.5, 0.6) is 5.75 Å². The number of allylic oxidation sites excluding steroid dienone is 2. The number of ether oxygens (including phenoxy) is 1. The number of aromatic amines is 2. The lowest BCUT2D eigenvalue weighted by Gasteiger charge is -2.00. The molecule has 0 atom stereocenters. The quantitative estimate of drug-likeness (QED) is 0.680. The van der Waals surface area contributed by atoms with E-state index in [0.717, 1.165) is 39.8 Å². The van der Waals surface area contributed by atoms with Gasteiger partial charge in [0.15, 0.2) is 0 Å². The van der Waals surface area contributed by atoms with E-state index >= 15 is 0 Å². The Hall–Kier alpha value is -3.01. The van der Waals surface area contributed by atoms with Crippen molar-refractivity contribution in [2.75, 3.05) is 7.11 Å². The predicted octanol–water partition coefficient (Wildman–Crippen LogP) is 5.18. The molecule has 0 amide bonds. The molecule has 0 fully saturated rings. The van der Waals surface area contributed by atoms with Crippen molar-refractivity contribution in [3.63, 3.8) is 0 Å². The summed E-state index contributed by atoms with van der Waals surface area (Å²) in [6, 6.07) is 12.4. The second kappa shape index (κ2) is 6.13. The normalized spacial score (nSPS) is 15.5. The molecule has 4 rings (SSSR count). The first-order chi connectivity index (χ1) is 12.1. The van der Waals surface area contributed by atoms with Crippen LogP contribution in [0.15, 0.2) is 59.2 Å². The molecule has 3 heterocycles. The van der Waals surface area contributed by atoms with Crippen LogP contribution in [0.1, 0.15) is 19.5 Å². The molecule has 1 aliphatic rings. The average molecular weight is 331 g/mol. The minimum atomic E-state index is 0.426. The van der Waals surface area contributed by atoms with E-state index in [1.165, 1.54) is 5.39 Å². The van der Waals surface area contributed by atoms with E-state index in [1.54, 1.807) is 7.11 Å². The largest absolute Gasteiger partial charge is 0.494 e. The Morgan fingerprint density at radius 3 is 2.56 bits per heavy atom. The highest BCUT2D eigenvalue weighted by Gasteiger charge is 2.13. The molecule has 0 spiro atoms. The molecule has 4 heteroatoms. The molecule has 0 saturated carbocycles. The predicted molar refractivity (Wildman–Crippen MR) is 104 cm³/mol. The van der Waals surface area contributed by atoms with Crippen molar-refractivity contribution in [2.24, 2.45) is 10.9 Å². The van der Waals surface area contributed by atoms with Crippen molar-refractivity contribution in [1.29, 1.82) is 0 Å². The van der Waals surface area contributed by atoms with Gasteiger partial charge in [0.05, 0.1) is 29.9 Å². The zero-order chi connectivity index (χ0) is 17.4. The maximum Gasteiger partial charge on any atom is 0.144 e. The van der Waals surface area contributed by atoms with Gasteiger partial charge in [-0.1, -0.05) is 32.0 Å². The van der Waals surface area contributed by atoms with Gasteiger partial charge >= 0.3 is 0 Å². The summed E-state index contributed by atoms with van der Waals surface area (Å²) in [5, 5.41) is 1.19. The number of hydrogen-bond acceptors (Lipinski definition) is 2. The molecular formula is C21H21N3O. The number of aromatic nitrogens is 2. The molecule has 0 unspecified atom stereocenters. The fraction of sp³-hybridized carbons (Fsp3) is 0.190. The standard InChI is InChI=1S/C21H21N3O/c1-13(2)16-9-8-15(22-16)11-20-21(25-3)12-19(24-20)18-10-14-6-4-5-7-17(14)23-18/h4-13,23-24H,1-3H3. The topological polar surface area (TPSA) is 53.2 Å². The highest BCUT2D eigenvalue weighted by Crippen LogP contribution is 2.31. The third kappa shape index (κ3) is 2.91. The molecule has 1 aliphatic heterocycles. The zero-order valence-corrected chi connectivity index (χ0v) is 14.6. The summed E-state index contributed by atoms with van der Waals surface area (Å²) in [7, 11) is 1.69. The summed E-state index contributed by atoms with van der Waals surface area (Å²) in [4.78, 5) is 11.5. The number of fused-ring (bicyclic) bond motifs is 1. The Kier molecular flexibility index (Phi) is 3.80. The van der Waals surface area contributed by atoms with E-state index in [2.05, 4.69) is 53.1 Å². The van der Waals surface area contributed by atoms with E-state index in [-0.39, 0.29) is 0 Å². The molecule has 1 aromatic carbocycles. The SMILES string of the molecule is COc1cc(-c2cc3ccccc3[nH]2)[nH]c1C=C1C=CC(C(C)C)=N1. The van der Waals surface area contributed by atoms with E-state index in [0.29, 0.717) is 5.92 Å². The van der Waals surface area contributed by atoms with Gasteiger partial charge in [0.25, 0.3) is 0 Å². The lowest BCUT2D eigenvalue weighted by molar-refractivity contribution is 0.414. The third-order valence-electron chi connectivity index (χ3n) is 4.42. The van der Waals surface area contributed by atoms with Gasteiger partial charge < -0.3 is 14.7 Å². The second-order valence-corrected chi connectivity index (χ2v) is 6.53. The van der Waals surface area contributed by atoms with E-state index < -0.39 is 0 Å². The van der Waals surface area contributed by atoms with Gasteiger partial charge in [-0.15, -0.1) is 0 Å². The monoisotopic (exact) mass is 331 g/mol. The van der Waals surface area contributed by atoms with Crippen molar-refractivity contribution >= 4 is 22.7 Å². The lowest BCUT2D eigenvalue weighted by atomic mass is 10.1.